The summed E-state index contributed by atoms with van der Waals surface area (Å²) in [6, 6.07) is 6.34. The number of aryl methyl sites for hydroxylation is 2. The van der Waals surface area contributed by atoms with Crippen molar-refractivity contribution < 1.29 is 24.6 Å². The molecule has 268 valence electrons. The lowest BCUT2D eigenvalue weighted by atomic mass is 9.93. The molecule has 51 heavy (non-hydrogen) atoms. The van der Waals surface area contributed by atoms with E-state index in [1.165, 1.54) is 11.6 Å². The van der Waals surface area contributed by atoms with Crippen molar-refractivity contribution in [2.75, 3.05) is 25.5 Å². The van der Waals surface area contributed by atoms with Gasteiger partial charge in [-0.15, -0.1) is 0 Å². The minimum atomic E-state index is -1.33. The fourth-order valence-corrected chi connectivity index (χ4v) is 8.34. The number of Topliss-reactive ketones (excluding diaryl/α,β-unsaturated/α-hetero) is 1. The Hall–Kier alpha value is -4.11. The summed E-state index contributed by atoms with van der Waals surface area (Å²) in [6.45, 7) is 6.37. The largest absolute Gasteiger partial charge is 0.390 e. The van der Waals surface area contributed by atoms with Crippen LogP contribution >= 0.6 is 15.9 Å². The molecule has 7 rings (SSSR count). The van der Waals surface area contributed by atoms with E-state index in [4.69, 9.17) is 0 Å². The van der Waals surface area contributed by atoms with Crippen LogP contribution in [0.3, 0.4) is 0 Å². The molecule has 13 nitrogen and oxygen atoms in total. The number of hydrogen-bond donors (Lipinski definition) is 3. The molecule has 5 atom stereocenters. The fourth-order valence-electron chi connectivity index (χ4n) is 8.03. The van der Waals surface area contributed by atoms with E-state index in [2.05, 4.69) is 53.2 Å². The number of pyridine rings is 1. The zero-order valence-electron chi connectivity index (χ0n) is 29.3. The first-order valence-corrected chi connectivity index (χ1v) is 18.3. The van der Waals surface area contributed by atoms with Crippen molar-refractivity contribution >= 4 is 50.2 Å². The maximum absolute atomic E-state index is 14.6. The number of amides is 2. The van der Waals surface area contributed by atoms with Crippen molar-refractivity contribution in [3.63, 3.8) is 0 Å². The molecule has 1 aliphatic carbocycles. The lowest BCUT2D eigenvalue weighted by Crippen LogP contribution is -2.47. The predicted octanol–water partition coefficient (Wildman–Crippen LogP) is 4.37. The molecular weight excluding hydrogens is 716 g/mol. The zero-order chi connectivity index (χ0) is 36.2. The minimum absolute atomic E-state index is 0.135. The quantitative estimate of drug-likeness (QED) is 0.201. The fraction of sp³-hybridized carbons (Fsp3) is 0.486. The summed E-state index contributed by atoms with van der Waals surface area (Å²) in [5, 5.41) is 31.1. The Balaban J connectivity index is 1.32. The summed E-state index contributed by atoms with van der Waals surface area (Å²) >= 11 is 3.39. The number of nitrogens with zero attached hydrogens (tertiary/aromatic N) is 7. The number of hydrogen-bond acceptors (Lipinski definition) is 10. The zero-order valence-corrected chi connectivity index (χ0v) is 30.9. The Kier molecular flexibility index (Phi) is 9.54. The molecule has 1 saturated heterocycles. The third-order valence-electron chi connectivity index (χ3n) is 10.7. The lowest BCUT2D eigenvalue weighted by Gasteiger charge is -2.27. The number of aliphatic hydroxyl groups excluding tert-OH is 2. The summed E-state index contributed by atoms with van der Waals surface area (Å²) < 4.78 is 2.04. The minimum Gasteiger partial charge on any atom is -0.390 e. The second-order valence-electron chi connectivity index (χ2n) is 14.5. The van der Waals surface area contributed by atoms with Crippen LogP contribution in [0.25, 0.3) is 22.0 Å². The average Bonchev–Trinajstić information content (AvgIpc) is 3.48. The topological polar surface area (TPSA) is 167 Å². The van der Waals surface area contributed by atoms with Gasteiger partial charge in [0.15, 0.2) is 5.78 Å². The highest BCUT2D eigenvalue weighted by atomic mass is 79.9. The number of carbonyl (C=O) groups is 3. The molecule has 1 saturated carbocycles. The summed E-state index contributed by atoms with van der Waals surface area (Å²) in [7, 11) is 2.07. The van der Waals surface area contributed by atoms with Gasteiger partial charge in [-0.2, -0.15) is 5.10 Å². The van der Waals surface area contributed by atoms with Crippen LogP contribution < -0.4 is 5.32 Å². The van der Waals surface area contributed by atoms with Gasteiger partial charge in [-0.1, -0.05) is 18.9 Å². The summed E-state index contributed by atoms with van der Waals surface area (Å²) in [5.74, 6) is 0.0879. The molecule has 2 unspecified atom stereocenters. The van der Waals surface area contributed by atoms with E-state index >= 15 is 0 Å². The van der Waals surface area contributed by atoms with Gasteiger partial charge in [0.1, 0.15) is 40.6 Å². The SMILES string of the molecule is CC(=O)c1nn2c3c(cc(-c4cnc(C)nc4)cc13)C(O)C(O)CCCCCN(C)C[C@@]13C[C@@H](C(=O)Nc4nc(Br)ccc4C)N(C(=O)C2)[C@@H]1C3. The molecule has 3 N–H and O–H groups in total. The number of halogens is 1. The van der Waals surface area contributed by atoms with Gasteiger partial charge in [-0.25, -0.2) is 15.0 Å². The second-order valence-corrected chi connectivity index (χ2v) is 15.3. The van der Waals surface area contributed by atoms with E-state index in [0.717, 1.165) is 37.9 Å². The van der Waals surface area contributed by atoms with Gasteiger partial charge in [0.2, 0.25) is 11.8 Å². The molecule has 0 radical (unpaired) electrons. The number of anilines is 1. The number of aromatic nitrogens is 5. The molecule has 3 aromatic heterocycles. The molecule has 14 heteroatoms. The molecule has 3 aliphatic rings. The summed E-state index contributed by atoms with van der Waals surface area (Å²) in [6.07, 6.45) is 5.07. The van der Waals surface area contributed by atoms with Crippen LogP contribution in [0, 0.1) is 19.3 Å². The van der Waals surface area contributed by atoms with E-state index in [9.17, 15) is 24.6 Å². The third kappa shape index (κ3) is 6.82. The standard InChI is InChI=1S/C37H43BrN8O5/c1-20-9-10-30(38)41-35(20)42-36(51)27-14-37-15-29(37)46(27)31(49)18-45-33-25(32(43-45)21(2)47)12-23(24-16-39-22(3)40-17-24)13-26(33)34(50)28(48)8-6-5-7-11-44(4)19-37/h9-10,12-13,16-17,27-29,34,48,50H,5-8,11,14-15,18-19H2,1-4H3,(H,41,42,51)/t27-,28?,29+,34?,37-/m0/s1. The van der Waals surface area contributed by atoms with Crippen LogP contribution in [-0.4, -0.2) is 101 Å². The maximum atomic E-state index is 14.6. The number of ketones is 1. The molecule has 1 aromatic carbocycles. The van der Waals surface area contributed by atoms with Crippen LogP contribution in [0.15, 0.2) is 41.3 Å². The molecule has 2 aliphatic heterocycles. The van der Waals surface area contributed by atoms with Crippen molar-refractivity contribution in [3.8, 4) is 11.1 Å². The highest BCUT2D eigenvalue weighted by molar-refractivity contribution is 9.10. The van der Waals surface area contributed by atoms with Crippen LogP contribution in [0.1, 0.15) is 79.0 Å². The van der Waals surface area contributed by atoms with Crippen LogP contribution in [0.2, 0.25) is 0 Å². The smallest absolute Gasteiger partial charge is 0.248 e. The monoisotopic (exact) mass is 758 g/mol. The molecule has 5 heterocycles. The van der Waals surface area contributed by atoms with Crippen LogP contribution in [0.5, 0.6) is 0 Å². The Morgan fingerprint density at radius 1 is 1.04 bits per heavy atom. The highest BCUT2D eigenvalue weighted by Gasteiger charge is 2.67. The van der Waals surface area contributed by atoms with Gasteiger partial charge >= 0.3 is 0 Å². The second kappa shape index (κ2) is 13.8. The van der Waals surface area contributed by atoms with Crippen molar-refractivity contribution in [1.82, 2.24) is 34.5 Å². The van der Waals surface area contributed by atoms with Gasteiger partial charge in [0.05, 0.1) is 11.6 Å². The molecular formula is C37H43BrN8O5. The Bertz CT molecular complexity index is 2020. The van der Waals surface area contributed by atoms with E-state index in [1.807, 2.05) is 13.0 Å². The van der Waals surface area contributed by atoms with Gasteiger partial charge < -0.3 is 25.3 Å². The molecule has 2 bridgehead atoms. The maximum Gasteiger partial charge on any atom is 0.248 e. The first-order valence-electron chi connectivity index (χ1n) is 17.5. The summed E-state index contributed by atoms with van der Waals surface area (Å²) in [4.78, 5) is 58.7. The molecule has 0 spiro atoms. The number of aliphatic hydroxyl groups is 2. The van der Waals surface area contributed by atoms with Crippen molar-refractivity contribution in [2.45, 2.75) is 90.1 Å². The highest BCUT2D eigenvalue weighted by Crippen LogP contribution is 2.60. The van der Waals surface area contributed by atoms with Gasteiger partial charge in [-0.05, 0) is 98.4 Å². The Labute approximate surface area is 304 Å². The Morgan fingerprint density at radius 3 is 2.55 bits per heavy atom. The van der Waals surface area contributed by atoms with E-state index < -0.39 is 18.2 Å². The van der Waals surface area contributed by atoms with Crippen LogP contribution in [-0.2, 0) is 16.1 Å². The molecule has 2 amide bonds. The number of piperidine rings is 1. The summed E-state index contributed by atoms with van der Waals surface area (Å²) in [5.41, 5.74) is 2.75. The van der Waals surface area contributed by atoms with Crippen LogP contribution in [0.4, 0.5) is 5.82 Å². The molecule has 4 aromatic rings. The number of carbonyl (C=O) groups excluding carboxylic acids is 3. The first-order chi connectivity index (χ1) is 24.3. The predicted molar refractivity (Wildman–Crippen MR) is 194 cm³/mol. The number of nitrogens with one attached hydrogen (secondary N) is 1. The van der Waals surface area contributed by atoms with Crippen molar-refractivity contribution in [2.24, 2.45) is 5.41 Å². The lowest BCUT2D eigenvalue weighted by molar-refractivity contribution is -0.138. The van der Waals surface area contributed by atoms with Crippen molar-refractivity contribution in [3.05, 3.63) is 63.9 Å². The normalized spacial score (nSPS) is 25.8. The molecule has 2 fully saturated rings. The number of benzene rings is 1. The average molecular weight is 760 g/mol. The van der Waals surface area contributed by atoms with E-state index in [-0.39, 0.29) is 41.3 Å². The number of rotatable bonds is 4. The first kappa shape index (κ1) is 35.3. The van der Waals surface area contributed by atoms with Gasteiger partial charge in [0, 0.05) is 53.8 Å². The van der Waals surface area contributed by atoms with Crippen molar-refractivity contribution in [1.29, 1.82) is 0 Å². The van der Waals surface area contributed by atoms with Gasteiger partial charge in [0.25, 0.3) is 0 Å². The Morgan fingerprint density at radius 2 is 1.80 bits per heavy atom. The third-order valence-corrected chi connectivity index (χ3v) is 11.2. The van der Waals surface area contributed by atoms with Gasteiger partial charge in [-0.3, -0.25) is 19.1 Å². The van der Waals surface area contributed by atoms with E-state index in [1.54, 1.807) is 42.4 Å². The van der Waals surface area contributed by atoms with E-state index in [0.29, 0.717) is 63.1 Å².